The highest BCUT2D eigenvalue weighted by atomic mass is 19.4. The number of nitrogens with zero attached hydrogens (tertiary/aromatic N) is 5. The molecule has 3 amide bonds. The molecule has 1 aromatic carbocycles. The summed E-state index contributed by atoms with van der Waals surface area (Å²) in [6, 6.07) is 4.51. The van der Waals surface area contributed by atoms with Crippen LogP contribution in [-0.2, 0) is 22.2 Å². The quantitative estimate of drug-likeness (QED) is 0.469. The number of hydrogen-bond acceptors (Lipinski definition) is 6. The lowest BCUT2D eigenvalue weighted by molar-refractivity contribution is -0.152. The number of carbonyl (C=O) groups is 3. The van der Waals surface area contributed by atoms with E-state index < -0.39 is 47.2 Å². The summed E-state index contributed by atoms with van der Waals surface area (Å²) < 4.78 is 55.6. The molecule has 3 aliphatic heterocycles. The minimum absolute atomic E-state index is 0.00940. The summed E-state index contributed by atoms with van der Waals surface area (Å²) in [4.78, 5) is 52.7. The number of halogens is 4. The Hall–Kier alpha value is -3.58. The molecule has 4 heterocycles. The standard InChI is InChI=1S/C32H39F4N5O4/c1-2-5-26-24(6-4-12-40(26)30(44)27-25(32(34,35)36)7-3-11-37-27)29(43)41-13-10-21-20-22(33)8-9-23(21)28(41)31(45)39-16-14-38(15-17-39)18-19-42/h3,7-9,11,20,24,26,28,42H,2,4-6,10,12-19H2,1H3/t24-,26-,28?/m1/s1. The van der Waals surface area contributed by atoms with Gasteiger partial charge in [0.25, 0.3) is 5.91 Å². The number of likely N-dealkylation sites (tertiary alicyclic amines) is 1. The van der Waals surface area contributed by atoms with Gasteiger partial charge in [-0.3, -0.25) is 24.3 Å². The van der Waals surface area contributed by atoms with Crippen LogP contribution in [0.2, 0.25) is 0 Å². The van der Waals surface area contributed by atoms with Gasteiger partial charge in [-0.1, -0.05) is 19.4 Å². The van der Waals surface area contributed by atoms with Crippen molar-refractivity contribution in [2.45, 2.75) is 57.3 Å². The Kier molecular flexibility index (Phi) is 10.1. The lowest BCUT2D eigenvalue weighted by atomic mass is 9.83. The maximum atomic E-state index is 14.5. The normalized spacial score (nSPS) is 22.7. The molecule has 9 nitrogen and oxygen atoms in total. The van der Waals surface area contributed by atoms with Gasteiger partial charge < -0.3 is 19.8 Å². The van der Waals surface area contributed by atoms with E-state index in [0.717, 1.165) is 18.3 Å². The maximum absolute atomic E-state index is 14.5. The SMILES string of the molecule is CCC[C@@H]1[C@H](C(=O)N2CCc3cc(F)ccc3C2C(=O)N2CCN(CCO)CC2)CCCN1C(=O)c1ncccc1C(F)(F)F. The smallest absolute Gasteiger partial charge is 0.395 e. The van der Waals surface area contributed by atoms with Crippen molar-refractivity contribution in [2.75, 3.05) is 52.4 Å². The van der Waals surface area contributed by atoms with Crippen molar-refractivity contribution in [3.05, 3.63) is 64.7 Å². The van der Waals surface area contributed by atoms with E-state index >= 15 is 0 Å². The van der Waals surface area contributed by atoms with E-state index in [1.807, 2.05) is 11.8 Å². The Labute approximate surface area is 259 Å². The van der Waals surface area contributed by atoms with Crippen LogP contribution in [0.4, 0.5) is 17.6 Å². The summed E-state index contributed by atoms with van der Waals surface area (Å²) in [6.45, 7) is 4.68. The highest BCUT2D eigenvalue weighted by Crippen LogP contribution is 2.38. The number of piperazine rings is 1. The third-order valence-corrected chi connectivity index (χ3v) is 9.21. The minimum atomic E-state index is -4.78. The van der Waals surface area contributed by atoms with Crippen molar-refractivity contribution in [3.63, 3.8) is 0 Å². The summed E-state index contributed by atoms with van der Waals surface area (Å²) in [5.41, 5.74) is -0.612. The maximum Gasteiger partial charge on any atom is 0.418 e. The number of amides is 3. The average molecular weight is 634 g/mol. The van der Waals surface area contributed by atoms with Crippen molar-refractivity contribution in [3.8, 4) is 0 Å². The van der Waals surface area contributed by atoms with Gasteiger partial charge in [-0.05, 0) is 61.1 Å². The van der Waals surface area contributed by atoms with Crippen molar-refractivity contribution < 1.29 is 37.1 Å². The van der Waals surface area contributed by atoms with Crippen LogP contribution in [0.5, 0.6) is 0 Å². The molecule has 0 saturated carbocycles. The third-order valence-electron chi connectivity index (χ3n) is 9.21. The van der Waals surface area contributed by atoms with Crippen molar-refractivity contribution in [2.24, 2.45) is 5.92 Å². The van der Waals surface area contributed by atoms with Crippen molar-refractivity contribution in [1.82, 2.24) is 24.6 Å². The van der Waals surface area contributed by atoms with Gasteiger partial charge >= 0.3 is 6.18 Å². The number of benzene rings is 1. The zero-order valence-corrected chi connectivity index (χ0v) is 25.3. The van der Waals surface area contributed by atoms with E-state index in [0.29, 0.717) is 76.0 Å². The number of β-amino-alcohol motifs (C(OH)–C–C–N with tert-alkyl or cyclic N) is 1. The number of rotatable bonds is 7. The fraction of sp³-hybridized carbons (Fsp3) is 0.562. The molecule has 2 aromatic rings. The zero-order valence-electron chi connectivity index (χ0n) is 25.3. The fourth-order valence-corrected chi connectivity index (χ4v) is 7.01. The van der Waals surface area contributed by atoms with Gasteiger partial charge in [0, 0.05) is 58.1 Å². The summed E-state index contributed by atoms with van der Waals surface area (Å²) in [5.74, 6) is -2.66. The largest absolute Gasteiger partial charge is 0.418 e. The molecule has 0 bridgehead atoms. The second-order valence-corrected chi connectivity index (χ2v) is 11.9. The van der Waals surface area contributed by atoms with Crippen LogP contribution in [0, 0.1) is 11.7 Å². The Bertz CT molecular complexity index is 1400. The van der Waals surface area contributed by atoms with E-state index in [1.54, 1.807) is 11.0 Å². The molecule has 0 radical (unpaired) electrons. The van der Waals surface area contributed by atoms with Crippen molar-refractivity contribution in [1.29, 1.82) is 0 Å². The van der Waals surface area contributed by atoms with Crippen LogP contribution in [0.15, 0.2) is 36.5 Å². The molecule has 2 saturated heterocycles. The Morgan fingerprint density at radius 2 is 1.76 bits per heavy atom. The van der Waals surface area contributed by atoms with Gasteiger partial charge in [0.1, 0.15) is 17.6 Å². The minimum Gasteiger partial charge on any atom is -0.395 e. The number of hydrogen-bond donors (Lipinski definition) is 1. The topological polar surface area (TPSA) is 97.3 Å². The highest BCUT2D eigenvalue weighted by molar-refractivity contribution is 5.95. The van der Waals surface area contributed by atoms with Crippen LogP contribution in [0.3, 0.4) is 0 Å². The number of alkyl halides is 3. The number of fused-ring (bicyclic) bond motifs is 1. The lowest BCUT2D eigenvalue weighted by Crippen LogP contribution is -2.58. The molecule has 1 N–H and O–H groups in total. The van der Waals surface area contributed by atoms with E-state index in [9.17, 15) is 37.1 Å². The van der Waals surface area contributed by atoms with Crippen LogP contribution < -0.4 is 0 Å². The zero-order chi connectivity index (χ0) is 32.3. The monoisotopic (exact) mass is 633 g/mol. The molecule has 5 rings (SSSR count). The Morgan fingerprint density at radius 1 is 1.00 bits per heavy atom. The number of aliphatic hydroxyl groups excluding tert-OH is 1. The Balaban J connectivity index is 1.45. The second kappa shape index (κ2) is 13.8. The van der Waals surface area contributed by atoms with Crippen LogP contribution >= 0.6 is 0 Å². The number of aliphatic hydroxyl groups is 1. The van der Waals surface area contributed by atoms with E-state index in [2.05, 4.69) is 4.98 Å². The van der Waals surface area contributed by atoms with E-state index in [4.69, 9.17) is 0 Å². The average Bonchev–Trinajstić information content (AvgIpc) is 3.03. The lowest BCUT2D eigenvalue weighted by Gasteiger charge is -2.46. The molecule has 3 aliphatic rings. The summed E-state index contributed by atoms with van der Waals surface area (Å²) in [6.07, 6.45) is -1.51. The summed E-state index contributed by atoms with van der Waals surface area (Å²) in [5, 5.41) is 9.30. The van der Waals surface area contributed by atoms with Gasteiger partial charge in [-0.25, -0.2) is 4.39 Å². The Morgan fingerprint density at radius 3 is 2.44 bits per heavy atom. The molecule has 0 spiro atoms. The summed E-state index contributed by atoms with van der Waals surface area (Å²) >= 11 is 0. The third kappa shape index (κ3) is 6.84. The van der Waals surface area contributed by atoms with Crippen LogP contribution in [-0.4, -0.2) is 106 Å². The molecule has 1 aromatic heterocycles. The molecule has 13 heteroatoms. The molecule has 244 valence electrons. The molecule has 0 aliphatic carbocycles. The molecule has 45 heavy (non-hydrogen) atoms. The van der Waals surface area contributed by atoms with Crippen LogP contribution in [0.25, 0.3) is 0 Å². The molecule has 1 unspecified atom stereocenters. The number of piperidine rings is 1. The predicted molar refractivity (Wildman–Crippen MR) is 156 cm³/mol. The molecular weight excluding hydrogens is 594 g/mol. The number of aromatic nitrogens is 1. The van der Waals surface area contributed by atoms with Gasteiger partial charge in [0.15, 0.2) is 0 Å². The summed E-state index contributed by atoms with van der Waals surface area (Å²) in [7, 11) is 0. The van der Waals surface area contributed by atoms with Gasteiger partial charge in [-0.2, -0.15) is 13.2 Å². The number of pyridine rings is 1. The molecule has 2 fully saturated rings. The number of carbonyl (C=O) groups excluding carboxylic acids is 3. The molecule has 3 atom stereocenters. The van der Waals surface area contributed by atoms with Gasteiger partial charge in [0.2, 0.25) is 11.8 Å². The first kappa shape index (κ1) is 32.8. The van der Waals surface area contributed by atoms with Crippen LogP contribution in [0.1, 0.15) is 65.8 Å². The van der Waals surface area contributed by atoms with E-state index in [-0.39, 0.29) is 31.5 Å². The fourth-order valence-electron chi connectivity index (χ4n) is 7.01. The first-order valence-corrected chi connectivity index (χ1v) is 15.6. The molecular formula is C32H39F4N5O4. The second-order valence-electron chi connectivity index (χ2n) is 11.9. The van der Waals surface area contributed by atoms with Crippen molar-refractivity contribution >= 4 is 17.7 Å². The van der Waals surface area contributed by atoms with Gasteiger partial charge in [0.05, 0.1) is 18.1 Å². The van der Waals surface area contributed by atoms with E-state index in [1.165, 1.54) is 21.9 Å². The van der Waals surface area contributed by atoms with Gasteiger partial charge in [-0.15, -0.1) is 0 Å². The first-order valence-electron chi connectivity index (χ1n) is 15.6. The predicted octanol–water partition coefficient (Wildman–Crippen LogP) is 3.52. The first-order chi connectivity index (χ1) is 21.5. The highest BCUT2D eigenvalue weighted by Gasteiger charge is 2.46.